The zero-order valence-electron chi connectivity index (χ0n) is 17.1. The molecule has 162 valence electrons. The van der Waals surface area contributed by atoms with E-state index in [0.29, 0.717) is 5.56 Å². The summed E-state index contributed by atoms with van der Waals surface area (Å²) in [6.07, 6.45) is 4.52. The molecule has 30 heavy (non-hydrogen) atoms. The molecule has 0 aromatic heterocycles. The van der Waals surface area contributed by atoms with Crippen LogP contribution in [0.25, 0.3) is 0 Å². The molecule has 4 N–H and O–H groups in total. The van der Waals surface area contributed by atoms with Crippen LogP contribution in [0.2, 0.25) is 5.02 Å². The summed E-state index contributed by atoms with van der Waals surface area (Å²) in [5, 5.41) is 24.0. The molecule has 4 rings (SSSR count). The van der Waals surface area contributed by atoms with E-state index in [1.807, 2.05) is 0 Å². The van der Waals surface area contributed by atoms with Crippen LogP contribution in [0, 0.1) is 0 Å². The molecule has 0 saturated heterocycles. The molecule has 0 bridgehead atoms. The molecule has 2 aliphatic carbocycles. The number of aliphatic hydroxyl groups excluding tert-OH is 1. The van der Waals surface area contributed by atoms with E-state index < -0.39 is 22.0 Å². The maximum Gasteiger partial charge on any atom is 0.244 e. The maximum atomic E-state index is 12.9. The quantitative estimate of drug-likeness (QED) is 0.506. The second kappa shape index (κ2) is 7.80. The van der Waals surface area contributed by atoms with Gasteiger partial charge < -0.3 is 15.5 Å². The van der Waals surface area contributed by atoms with Gasteiger partial charge in [-0.15, -0.1) is 0 Å². The predicted molar refractivity (Wildman–Crippen MR) is 117 cm³/mol. The van der Waals surface area contributed by atoms with Crippen molar-refractivity contribution < 1.29 is 18.6 Å². The van der Waals surface area contributed by atoms with Crippen molar-refractivity contribution in [1.29, 1.82) is 0 Å². The van der Waals surface area contributed by atoms with Crippen LogP contribution >= 0.6 is 11.6 Å². The van der Waals surface area contributed by atoms with Gasteiger partial charge >= 0.3 is 0 Å². The van der Waals surface area contributed by atoms with E-state index in [2.05, 4.69) is 16.1 Å². The Morgan fingerprint density at radius 1 is 1.00 bits per heavy atom. The largest absolute Gasteiger partial charge is 0.386 e. The molecule has 0 saturated carbocycles. The molecular weight excluding hydrogens is 424 g/mol. The molecule has 0 heterocycles. The first-order valence-corrected chi connectivity index (χ1v) is 12.1. The smallest absolute Gasteiger partial charge is 0.244 e. The summed E-state index contributed by atoms with van der Waals surface area (Å²) in [5.41, 5.74) is 4.93. The molecule has 1 unspecified atom stereocenters. The second-order valence-electron chi connectivity index (χ2n) is 8.64. The van der Waals surface area contributed by atoms with Gasteiger partial charge in [0.1, 0.15) is 0 Å². The van der Waals surface area contributed by atoms with Crippen LogP contribution in [-0.2, 0) is 41.3 Å². The molecule has 0 spiro atoms. The van der Waals surface area contributed by atoms with Gasteiger partial charge in [-0.05, 0) is 98.4 Å². The molecule has 2 aromatic rings. The third kappa shape index (κ3) is 4.22. The summed E-state index contributed by atoms with van der Waals surface area (Å²) in [6, 6.07) is 6.45. The van der Waals surface area contributed by atoms with Gasteiger partial charge in [-0.25, -0.2) is 8.42 Å². The van der Waals surface area contributed by atoms with Crippen molar-refractivity contribution in [2.75, 3.05) is 5.32 Å². The number of hydrogen-bond donors (Lipinski definition) is 4. The monoisotopic (exact) mass is 450 g/mol. The van der Waals surface area contributed by atoms with Crippen molar-refractivity contribution in [3.63, 3.8) is 0 Å². The number of aliphatic hydroxyl groups is 2. The van der Waals surface area contributed by atoms with Crippen LogP contribution in [0.4, 0.5) is 5.69 Å². The number of aryl methyl sites for hydroxylation is 2. The third-order valence-corrected chi connectivity index (χ3v) is 7.52. The lowest BCUT2D eigenvalue weighted by Crippen LogP contribution is -2.40. The van der Waals surface area contributed by atoms with Crippen LogP contribution in [0.1, 0.15) is 54.5 Å². The van der Waals surface area contributed by atoms with Crippen molar-refractivity contribution >= 4 is 27.3 Å². The average molecular weight is 451 g/mol. The predicted octanol–water partition coefficient (Wildman–Crippen LogP) is 3.21. The first kappa shape index (κ1) is 21.6. The second-order valence-corrected chi connectivity index (χ2v) is 10.8. The Morgan fingerprint density at radius 2 is 1.60 bits per heavy atom. The minimum atomic E-state index is -4.07. The third-order valence-electron chi connectivity index (χ3n) is 5.91. The standard InChI is InChI=1S/C22H27ClN2O4S/c1-22(2,27)15-10-16(23)12-17(11-15)30(28,29)25-21(26)24-20-18-7-3-5-13(18)9-14-6-4-8-19(14)20/h9-12,21,24-27H,3-8H2,1-2H3. The topological polar surface area (TPSA) is 98.7 Å². The van der Waals surface area contributed by atoms with Gasteiger partial charge in [-0.2, -0.15) is 4.72 Å². The number of halogens is 1. The fourth-order valence-corrected chi connectivity index (χ4v) is 5.80. The first-order valence-electron chi connectivity index (χ1n) is 10.2. The maximum absolute atomic E-state index is 12.9. The Hall–Kier alpha value is -1.64. The molecule has 2 aliphatic rings. The molecule has 0 radical (unpaired) electrons. The van der Waals surface area contributed by atoms with Crippen LogP contribution in [0.15, 0.2) is 29.2 Å². The van der Waals surface area contributed by atoms with Gasteiger partial charge in [0.2, 0.25) is 10.0 Å². The van der Waals surface area contributed by atoms with Gasteiger partial charge in [0.25, 0.3) is 0 Å². The minimum absolute atomic E-state index is 0.114. The number of sulfonamides is 1. The zero-order chi connectivity index (χ0) is 21.7. The molecular formula is C22H27ClN2O4S. The summed E-state index contributed by atoms with van der Waals surface area (Å²) in [7, 11) is -4.07. The highest BCUT2D eigenvalue weighted by Gasteiger charge is 2.27. The Morgan fingerprint density at radius 3 is 2.17 bits per heavy atom. The average Bonchev–Trinajstić information content (AvgIpc) is 3.28. The van der Waals surface area contributed by atoms with Crippen molar-refractivity contribution in [2.24, 2.45) is 0 Å². The fraction of sp³-hybridized carbons (Fsp3) is 0.455. The Kier molecular flexibility index (Phi) is 5.61. The van der Waals surface area contributed by atoms with Crippen molar-refractivity contribution in [3.05, 3.63) is 57.1 Å². The van der Waals surface area contributed by atoms with E-state index in [1.54, 1.807) is 13.8 Å². The van der Waals surface area contributed by atoms with E-state index in [9.17, 15) is 18.6 Å². The summed E-state index contributed by atoms with van der Waals surface area (Å²) in [6.45, 7) is 3.10. The van der Waals surface area contributed by atoms with Crippen LogP contribution in [-0.4, -0.2) is 25.0 Å². The number of rotatable bonds is 6. The van der Waals surface area contributed by atoms with Crippen LogP contribution in [0.5, 0.6) is 0 Å². The van der Waals surface area contributed by atoms with Crippen LogP contribution in [0.3, 0.4) is 0 Å². The summed E-state index contributed by atoms with van der Waals surface area (Å²) in [5.74, 6) is 0. The Bertz CT molecular complexity index is 1060. The van der Waals surface area contributed by atoms with Gasteiger partial charge in [-0.3, -0.25) is 0 Å². The van der Waals surface area contributed by atoms with Gasteiger partial charge in [-0.1, -0.05) is 17.7 Å². The molecule has 0 aliphatic heterocycles. The normalized spacial score (nSPS) is 17.0. The van der Waals surface area contributed by atoms with Gasteiger partial charge in [0.15, 0.2) is 6.35 Å². The van der Waals surface area contributed by atoms with E-state index in [-0.39, 0.29) is 9.92 Å². The highest BCUT2D eigenvalue weighted by Crippen LogP contribution is 2.38. The highest BCUT2D eigenvalue weighted by atomic mass is 35.5. The summed E-state index contributed by atoms with van der Waals surface area (Å²) in [4.78, 5) is -0.114. The Labute approximate surface area is 182 Å². The summed E-state index contributed by atoms with van der Waals surface area (Å²) < 4.78 is 28.0. The number of nitrogens with one attached hydrogen (secondary N) is 2. The number of hydrogen-bond acceptors (Lipinski definition) is 5. The van der Waals surface area contributed by atoms with Crippen molar-refractivity contribution in [1.82, 2.24) is 4.72 Å². The number of anilines is 1. The lowest BCUT2D eigenvalue weighted by molar-refractivity contribution is 0.0784. The van der Waals surface area contributed by atoms with E-state index in [4.69, 9.17) is 11.6 Å². The Balaban J connectivity index is 1.60. The van der Waals surface area contributed by atoms with E-state index in [1.165, 1.54) is 40.5 Å². The minimum Gasteiger partial charge on any atom is -0.386 e. The lowest BCUT2D eigenvalue weighted by atomic mass is 9.99. The van der Waals surface area contributed by atoms with E-state index in [0.717, 1.165) is 44.2 Å². The van der Waals surface area contributed by atoms with Crippen LogP contribution < -0.4 is 10.0 Å². The van der Waals surface area contributed by atoms with Gasteiger partial charge in [0.05, 0.1) is 10.5 Å². The number of fused-ring (bicyclic) bond motifs is 2. The summed E-state index contributed by atoms with van der Waals surface area (Å²) >= 11 is 6.07. The van der Waals surface area contributed by atoms with Crippen molar-refractivity contribution in [3.8, 4) is 0 Å². The van der Waals surface area contributed by atoms with Crippen molar-refractivity contribution in [2.45, 2.75) is 69.2 Å². The van der Waals surface area contributed by atoms with E-state index >= 15 is 0 Å². The molecule has 8 heteroatoms. The SMILES string of the molecule is CC(C)(O)c1cc(Cl)cc(S(=O)(=O)NC(O)Nc2c3c(cc4c2CCC4)CCC3)c1. The van der Waals surface area contributed by atoms with Gasteiger partial charge in [0, 0.05) is 10.7 Å². The zero-order valence-corrected chi connectivity index (χ0v) is 18.7. The first-order chi connectivity index (χ1) is 14.0. The molecule has 0 amide bonds. The number of benzene rings is 2. The molecule has 6 nitrogen and oxygen atoms in total. The molecule has 0 fully saturated rings. The highest BCUT2D eigenvalue weighted by molar-refractivity contribution is 7.89. The molecule has 2 aromatic carbocycles. The molecule has 1 atom stereocenters. The fourth-order valence-electron chi connectivity index (χ4n) is 4.44. The lowest BCUT2D eigenvalue weighted by Gasteiger charge is -2.22.